The van der Waals surface area contributed by atoms with Gasteiger partial charge in [0.25, 0.3) is 0 Å². The van der Waals surface area contributed by atoms with Gasteiger partial charge in [0, 0.05) is 0 Å². The number of unbranched alkanes of at least 4 members (excludes halogenated alkanes) is 4. The van der Waals surface area contributed by atoms with Crippen LogP contribution in [-0.2, 0) is 16.5 Å². The molecule has 0 saturated heterocycles. The zero-order valence-electron chi connectivity index (χ0n) is 13.5. The minimum absolute atomic E-state index is 0. The van der Waals surface area contributed by atoms with Crippen molar-refractivity contribution in [3.63, 3.8) is 0 Å². The molecule has 1 aromatic rings. The molecule has 0 fully saturated rings. The first kappa shape index (κ1) is 21.8. The van der Waals surface area contributed by atoms with Crippen molar-refractivity contribution in [3.05, 3.63) is 29.8 Å². The predicted octanol–water partition coefficient (Wildman–Crippen LogP) is 1.13. The summed E-state index contributed by atoms with van der Waals surface area (Å²) in [4.78, 5) is -0.0557. The van der Waals surface area contributed by atoms with Gasteiger partial charge in [0.05, 0.1) is 4.90 Å². The van der Waals surface area contributed by atoms with Crippen molar-refractivity contribution in [1.29, 1.82) is 0 Å². The standard InChI is InChI=1S/C16H26O3S.K/c1-14(2)10-6-4-3-5-7-11-15-12-8-9-13-16(15)20(17,18)19;/h8-9,12-14H,3-7,10-11H2,1-2H3,(H,17,18,19);/q;+1/p-1. The smallest absolute Gasteiger partial charge is 0.744 e. The second-order valence-electron chi connectivity index (χ2n) is 5.76. The van der Waals surface area contributed by atoms with Crippen LogP contribution in [0.2, 0.25) is 0 Å². The van der Waals surface area contributed by atoms with Gasteiger partial charge in [-0.3, -0.25) is 0 Å². The van der Waals surface area contributed by atoms with E-state index in [1.807, 2.05) is 0 Å². The Bertz CT molecular complexity index is 498. The molecule has 0 saturated carbocycles. The molecule has 0 aromatic heterocycles. The maximum absolute atomic E-state index is 11.1. The summed E-state index contributed by atoms with van der Waals surface area (Å²) in [6, 6.07) is 6.52. The molecule has 1 aromatic carbocycles. The van der Waals surface area contributed by atoms with Crippen molar-refractivity contribution in [1.82, 2.24) is 0 Å². The Hall–Kier alpha value is 0.766. The third-order valence-electron chi connectivity index (χ3n) is 3.47. The number of aryl methyl sites for hydroxylation is 1. The van der Waals surface area contributed by atoms with Crippen molar-refractivity contribution in [2.75, 3.05) is 0 Å². The van der Waals surface area contributed by atoms with Gasteiger partial charge in [-0.1, -0.05) is 64.2 Å². The normalized spacial score (nSPS) is 11.4. The third-order valence-corrected chi connectivity index (χ3v) is 4.41. The summed E-state index contributed by atoms with van der Waals surface area (Å²) in [6.45, 7) is 4.47. The molecule has 0 aliphatic rings. The summed E-state index contributed by atoms with van der Waals surface area (Å²) in [5.74, 6) is 0.768. The van der Waals surface area contributed by atoms with Gasteiger partial charge < -0.3 is 4.55 Å². The molecular weight excluding hydrogens is 311 g/mol. The van der Waals surface area contributed by atoms with Crippen LogP contribution in [0.15, 0.2) is 29.2 Å². The molecule has 0 bridgehead atoms. The van der Waals surface area contributed by atoms with Crippen LogP contribution in [0.1, 0.15) is 57.9 Å². The Morgan fingerprint density at radius 3 is 2.19 bits per heavy atom. The molecule has 0 atom stereocenters. The Morgan fingerprint density at radius 1 is 1.00 bits per heavy atom. The van der Waals surface area contributed by atoms with Crippen LogP contribution in [0.25, 0.3) is 0 Å². The van der Waals surface area contributed by atoms with Gasteiger partial charge in [0.2, 0.25) is 0 Å². The van der Waals surface area contributed by atoms with E-state index in [2.05, 4.69) is 13.8 Å². The fraction of sp³-hybridized carbons (Fsp3) is 0.625. The minimum Gasteiger partial charge on any atom is -0.744 e. The first-order valence-corrected chi connectivity index (χ1v) is 8.86. The van der Waals surface area contributed by atoms with Crippen molar-refractivity contribution < 1.29 is 64.4 Å². The fourth-order valence-electron chi connectivity index (χ4n) is 2.35. The summed E-state index contributed by atoms with van der Waals surface area (Å²) in [7, 11) is -4.34. The van der Waals surface area contributed by atoms with E-state index < -0.39 is 10.1 Å². The van der Waals surface area contributed by atoms with Crippen LogP contribution in [0.3, 0.4) is 0 Å². The molecule has 0 amide bonds. The molecule has 0 unspecified atom stereocenters. The van der Waals surface area contributed by atoms with E-state index in [4.69, 9.17) is 0 Å². The van der Waals surface area contributed by atoms with E-state index in [-0.39, 0.29) is 56.3 Å². The van der Waals surface area contributed by atoms with Crippen LogP contribution >= 0.6 is 0 Å². The molecule has 21 heavy (non-hydrogen) atoms. The molecule has 114 valence electrons. The van der Waals surface area contributed by atoms with Crippen LogP contribution in [0.4, 0.5) is 0 Å². The van der Waals surface area contributed by atoms with Crippen molar-refractivity contribution in [2.24, 2.45) is 5.92 Å². The van der Waals surface area contributed by atoms with Crippen LogP contribution < -0.4 is 51.4 Å². The molecule has 1 rings (SSSR count). The van der Waals surface area contributed by atoms with Gasteiger partial charge >= 0.3 is 51.4 Å². The Labute approximate surface area is 172 Å². The topological polar surface area (TPSA) is 57.2 Å². The van der Waals surface area contributed by atoms with Gasteiger partial charge in [-0.15, -0.1) is 0 Å². The number of rotatable bonds is 9. The average molecular weight is 337 g/mol. The predicted molar refractivity (Wildman–Crippen MR) is 80.6 cm³/mol. The van der Waals surface area contributed by atoms with Gasteiger partial charge in [0.15, 0.2) is 0 Å². The third kappa shape index (κ3) is 9.49. The first-order chi connectivity index (χ1) is 9.41. The SMILES string of the molecule is CC(C)CCCCCCCc1ccccc1S(=O)(=O)[O-].[K+]. The van der Waals surface area contributed by atoms with Crippen molar-refractivity contribution in [2.45, 2.75) is 63.7 Å². The molecule has 0 aliphatic heterocycles. The van der Waals surface area contributed by atoms with E-state index in [1.54, 1.807) is 18.2 Å². The zero-order valence-corrected chi connectivity index (χ0v) is 17.4. The molecule has 3 nitrogen and oxygen atoms in total. The van der Waals surface area contributed by atoms with E-state index >= 15 is 0 Å². The number of benzene rings is 1. The second kappa shape index (κ2) is 11.3. The van der Waals surface area contributed by atoms with Gasteiger partial charge in [0.1, 0.15) is 10.1 Å². The summed E-state index contributed by atoms with van der Waals surface area (Å²) < 4.78 is 33.4. The molecule has 0 N–H and O–H groups in total. The largest absolute Gasteiger partial charge is 1.00 e. The van der Waals surface area contributed by atoms with E-state index in [1.165, 1.54) is 31.7 Å². The van der Waals surface area contributed by atoms with E-state index in [0.717, 1.165) is 18.8 Å². The first-order valence-electron chi connectivity index (χ1n) is 7.45. The maximum atomic E-state index is 11.1. The average Bonchev–Trinajstić information content (AvgIpc) is 2.36. The van der Waals surface area contributed by atoms with Gasteiger partial charge in [-0.25, -0.2) is 8.42 Å². The summed E-state index contributed by atoms with van der Waals surface area (Å²) in [5, 5.41) is 0. The molecule has 0 radical (unpaired) electrons. The molecule has 5 heteroatoms. The maximum Gasteiger partial charge on any atom is 1.00 e. The zero-order chi connectivity index (χ0) is 15.0. The van der Waals surface area contributed by atoms with Crippen LogP contribution in [-0.4, -0.2) is 13.0 Å². The van der Waals surface area contributed by atoms with E-state index in [0.29, 0.717) is 12.0 Å². The number of hydrogen-bond donors (Lipinski definition) is 0. The quantitative estimate of drug-likeness (QED) is 0.386. The summed E-state index contributed by atoms with van der Waals surface area (Å²) in [5.41, 5.74) is 0.657. The summed E-state index contributed by atoms with van der Waals surface area (Å²) in [6.07, 6.45) is 7.65. The Morgan fingerprint density at radius 2 is 1.57 bits per heavy atom. The minimum atomic E-state index is -4.34. The molecule has 0 heterocycles. The monoisotopic (exact) mass is 336 g/mol. The molecular formula is C16H25KO3S. The Balaban J connectivity index is 0.00000400. The van der Waals surface area contributed by atoms with Crippen molar-refractivity contribution in [3.8, 4) is 0 Å². The molecule has 0 spiro atoms. The van der Waals surface area contributed by atoms with Gasteiger partial charge in [-0.2, -0.15) is 0 Å². The fourth-order valence-corrected chi connectivity index (χ4v) is 3.09. The second-order valence-corrected chi connectivity index (χ2v) is 7.11. The van der Waals surface area contributed by atoms with Crippen LogP contribution in [0, 0.1) is 5.92 Å². The van der Waals surface area contributed by atoms with Crippen LogP contribution in [0.5, 0.6) is 0 Å². The van der Waals surface area contributed by atoms with Crippen molar-refractivity contribution >= 4 is 10.1 Å². The van der Waals surface area contributed by atoms with Gasteiger partial charge in [-0.05, 0) is 30.4 Å². The molecule has 0 aliphatic carbocycles. The number of hydrogen-bond acceptors (Lipinski definition) is 3. The Kier molecular flexibility index (Phi) is 11.7. The van der Waals surface area contributed by atoms with E-state index in [9.17, 15) is 13.0 Å². The summed E-state index contributed by atoms with van der Waals surface area (Å²) >= 11 is 0.